The molecule has 110 valence electrons. The number of thiazole rings is 1. The Labute approximate surface area is 121 Å². The number of nitrogens with two attached hydrogens (primary N) is 1. The minimum Gasteiger partial charge on any atom is -0.458 e. The first-order valence-electron chi connectivity index (χ1n) is 5.94. The molecule has 0 saturated carbocycles. The number of aromatic nitrogens is 1. The van der Waals surface area contributed by atoms with Gasteiger partial charge in [0.25, 0.3) is 0 Å². The first kappa shape index (κ1) is 15.0. The summed E-state index contributed by atoms with van der Waals surface area (Å²) < 4.78 is 33.7. The fourth-order valence-corrected chi connectivity index (χ4v) is 3.53. The lowest BCUT2D eigenvalue weighted by atomic mass is 10.3. The maximum absolute atomic E-state index is 11.7. The molecule has 2 aromatic heterocycles. The van der Waals surface area contributed by atoms with E-state index in [1.165, 1.54) is 11.3 Å². The number of nitrogens with zero attached hydrogens (tertiary/aromatic N) is 1. The highest BCUT2D eigenvalue weighted by Gasteiger charge is 2.15. The summed E-state index contributed by atoms with van der Waals surface area (Å²) in [6.07, 6.45) is 0. The zero-order chi connectivity index (χ0) is 14.8. The zero-order valence-electron chi connectivity index (χ0n) is 11.1. The summed E-state index contributed by atoms with van der Waals surface area (Å²) in [4.78, 5) is 4.17. The van der Waals surface area contributed by atoms with Gasteiger partial charge in [0.15, 0.2) is 10.9 Å². The number of furan rings is 1. The lowest BCUT2D eigenvalue weighted by molar-refractivity contribution is 0.524. The first-order valence-corrected chi connectivity index (χ1v) is 8.30. The first-order chi connectivity index (χ1) is 9.39. The largest absolute Gasteiger partial charge is 0.458 e. The number of anilines is 1. The Morgan fingerprint density at radius 3 is 2.80 bits per heavy atom. The van der Waals surface area contributed by atoms with Gasteiger partial charge in [-0.05, 0) is 26.0 Å². The molecule has 0 amide bonds. The number of nitrogens with one attached hydrogen (secondary N) is 2. The zero-order valence-corrected chi connectivity index (χ0v) is 12.7. The highest BCUT2D eigenvalue weighted by molar-refractivity contribution is 7.91. The molecule has 0 radical (unpaired) electrons. The predicted octanol–water partition coefficient (Wildman–Crippen LogP) is 1.52. The van der Waals surface area contributed by atoms with E-state index in [0.29, 0.717) is 23.8 Å². The van der Waals surface area contributed by atoms with E-state index in [4.69, 9.17) is 10.2 Å². The molecule has 0 aliphatic carbocycles. The van der Waals surface area contributed by atoms with E-state index in [9.17, 15) is 8.42 Å². The molecule has 2 heterocycles. The third-order valence-corrected chi connectivity index (χ3v) is 4.36. The van der Waals surface area contributed by atoms with Crippen LogP contribution >= 0.6 is 11.3 Å². The van der Waals surface area contributed by atoms with Crippen molar-refractivity contribution in [3.05, 3.63) is 23.3 Å². The van der Waals surface area contributed by atoms with Crippen molar-refractivity contribution in [2.75, 3.05) is 4.72 Å². The average molecular weight is 316 g/mol. The van der Waals surface area contributed by atoms with Crippen LogP contribution in [0.5, 0.6) is 0 Å². The molecule has 2 aromatic rings. The van der Waals surface area contributed by atoms with E-state index in [-0.39, 0.29) is 11.2 Å². The van der Waals surface area contributed by atoms with Gasteiger partial charge >= 0.3 is 10.2 Å². The van der Waals surface area contributed by atoms with Gasteiger partial charge in [-0.1, -0.05) is 0 Å². The van der Waals surface area contributed by atoms with E-state index in [1.54, 1.807) is 31.4 Å². The molecular formula is C11H16N4O3S2. The molecular weight excluding hydrogens is 300 g/mol. The summed E-state index contributed by atoms with van der Waals surface area (Å²) in [5.74, 6) is 1.21. The Balaban J connectivity index is 2.13. The van der Waals surface area contributed by atoms with Crippen LogP contribution in [0.4, 0.5) is 5.13 Å². The van der Waals surface area contributed by atoms with E-state index >= 15 is 0 Å². The summed E-state index contributed by atoms with van der Waals surface area (Å²) in [7, 11) is -3.60. The normalized spacial score (nSPS) is 12.0. The van der Waals surface area contributed by atoms with Crippen molar-refractivity contribution in [1.82, 2.24) is 9.71 Å². The Bertz CT molecular complexity index is 675. The Morgan fingerprint density at radius 1 is 1.45 bits per heavy atom. The van der Waals surface area contributed by atoms with Crippen molar-refractivity contribution in [3.63, 3.8) is 0 Å². The SMILES string of the molecule is CC(C)NS(=O)(=O)Nc1nc(-c2ccc(CN)o2)cs1. The van der Waals surface area contributed by atoms with Crippen molar-refractivity contribution in [2.24, 2.45) is 5.73 Å². The molecule has 4 N–H and O–H groups in total. The predicted molar refractivity (Wildman–Crippen MR) is 78.5 cm³/mol. The van der Waals surface area contributed by atoms with Crippen molar-refractivity contribution in [1.29, 1.82) is 0 Å². The van der Waals surface area contributed by atoms with E-state index in [2.05, 4.69) is 14.4 Å². The standard InChI is InChI=1S/C11H16N4O3S2/c1-7(2)14-20(16,17)15-11-13-9(6-19-11)10-4-3-8(5-12)18-10/h3-4,6-7,14H,5,12H2,1-2H3,(H,13,15). The van der Waals surface area contributed by atoms with Gasteiger partial charge < -0.3 is 10.2 Å². The smallest absolute Gasteiger partial charge is 0.301 e. The van der Waals surface area contributed by atoms with Gasteiger partial charge in [-0.2, -0.15) is 13.1 Å². The molecule has 9 heteroatoms. The Morgan fingerprint density at radius 2 is 2.20 bits per heavy atom. The van der Waals surface area contributed by atoms with Crippen molar-refractivity contribution in [3.8, 4) is 11.5 Å². The van der Waals surface area contributed by atoms with E-state index in [1.807, 2.05) is 0 Å². The highest BCUT2D eigenvalue weighted by atomic mass is 32.2. The molecule has 0 saturated heterocycles. The minimum absolute atomic E-state index is 0.191. The summed E-state index contributed by atoms with van der Waals surface area (Å²) in [6, 6.07) is 3.32. The molecule has 7 nitrogen and oxygen atoms in total. The monoisotopic (exact) mass is 316 g/mol. The molecule has 0 fully saturated rings. The van der Waals surface area contributed by atoms with Gasteiger partial charge in [0.2, 0.25) is 0 Å². The third-order valence-electron chi connectivity index (χ3n) is 2.23. The second kappa shape index (κ2) is 5.92. The molecule has 0 bridgehead atoms. The summed E-state index contributed by atoms with van der Waals surface area (Å²) >= 11 is 1.18. The second-order valence-corrected chi connectivity index (χ2v) is 6.69. The summed E-state index contributed by atoms with van der Waals surface area (Å²) in [5.41, 5.74) is 6.03. The van der Waals surface area contributed by atoms with Gasteiger partial charge in [-0.25, -0.2) is 9.71 Å². The summed E-state index contributed by atoms with van der Waals surface area (Å²) in [5, 5.41) is 1.99. The highest BCUT2D eigenvalue weighted by Crippen LogP contribution is 2.26. The lowest BCUT2D eigenvalue weighted by Gasteiger charge is -2.08. The Kier molecular flexibility index (Phi) is 4.43. The van der Waals surface area contributed by atoms with Crippen molar-refractivity contribution >= 4 is 26.7 Å². The van der Waals surface area contributed by atoms with Crippen LogP contribution in [0.2, 0.25) is 0 Å². The van der Waals surface area contributed by atoms with E-state index in [0.717, 1.165) is 0 Å². The number of hydrogen-bond acceptors (Lipinski definition) is 6. The van der Waals surface area contributed by atoms with Crippen molar-refractivity contribution in [2.45, 2.75) is 26.4 Å². The third kappa shape index (κ3) is 3.79. The van der Waals surface area contributed by atoms with Crippen LogP contribution in [-0.2, 0) is 16.8 Å². The Hall–Kier alpha value is -1.42. The number of rotatable bonds is 6. The molecule has 2 rings (SSSR count). The molecule has 0 spiro atoms. The van der Waals surface area contributed by atoms with E-state index < -0.39 is 10.2 Å². The van der Waals surface area contributed by atoms with Crippen LogP contribution in [0, 0.1) is 0 Å². The van der Waals surface area contributed by atoms with Crippen LogP contribution in [-0.4, -0.2) is 19.4 Å². The maximum atomic E-state index is 11.7. The number of hydrogen-bond donors (Lipinski definition) is 3. The minimum atomic E-state index is -3.60. The van der Waals surface area contributed by atoms with Gasteiger partial charge in [0.1, 0.15) is 11.5 Å². The molecule has 0 unspecified atom stereocenters. The summed E-state index contributed by atoms with van der Waals surface area (Å²) in [6.45, 7) is 3.79. The van der Waals surface area contributed by atoms with Gasteiger partial charge in [0, 0.05) is 11.4 Å². The van der Waals surface area contributed by atoms with Crippen LogP contribution in [0.25, 0.3) is 11.5 Å². The van der Waals surface area contributed by atoms with Crippen LogP contribution < -0.4 is 15.2 Å². The van der Waals surface area contributed by atoms with Gasteiger partial charge in [0.05, 0.1) is 6.54 Å². The van der Waals surface area contributed by atoms with Crippen molar-refractivity contribution < 1.29 is 12.8 Å². The van der Waals surface area contributed by atoms with Gasteiger partial charge in [-0.3, -0.25) is 0 Å². The topological polar surface area (TPSA) is 110 Å². The molecule has 0 aromatic carbocycles. The molecule has 0 atom stereocenters. The lowest BCUT2D eigenvalue weighted by Crippen LogP contribution is -2.35. The quantitative estimate of drug-likeness (QED) is 0.748. The van der Waals surface area contributed by atoms with Crippen LogP contribution in [0.15, 0.2) is 21.9 Å². The average Bonchev–Trinajstić information content (AvgIpc) is 2.94. The van der Waals surface area contributed by atoms with Gasteiger partial charge in [-0.15, -0.1) is 11.3 Å². The molecule has 20 heavy (non-hydrogen) atoms. The second-order valence-electron chi connectivity index (χ2n) is 4.39. The van der Waals surface area contributed by atoms with Crippen LogP contribution in [0.3, 0.4) is 0 Å². The molecule has 0 aliphatic rings. The molecule has 0 aliphatic heterocycles. The fraction of sp³-hybridized carbons (Fsp3) is 0.364. The maximum Gasteiger partial charge on any atom is 0.301 e. The van der Waals surface area contributed by atoms with Crippen LogP contribution in [0.1, 0.15) is 19.6 Å². The fourth-order valence-electron chi connectivity index (χ4n) is 1.51.